The number of nitrogens with one attached hydrogen (secondary N) is 1. The van der Waals surface area contributed by atoms with Gasteiger partial charge in [0.2, 0.25) is 0 Å². The topological polar surface area (TPSA) is 50.7 Å². The van der Waals surface area contributed by atoms with Crippen molar-refractivity contribution in [3.8, 4) is 0 Å². The molecule has 0 saturated heterocycles. The summed E-state index contributed by atoms with van der Waals surface area (Å²) in [4.78, 5) is 17.6. The van der Waals surface area contributed by atoms with Gasteiger partial charge in [-0.3, -0.25) is 4.79 Å². The molecule has 27 heavy (non-hydrogen) atoms. The van der Waals surface area contributed by atoms with Crippen molar-refractivity contribution in [3.05, 3.63) is 101 Å². The third kappa shape index (κ3) is 5.54. The van der Waals surface area contributed by atoms with Gasteiger partial charge in [-0.15, -0.1) is 0 Å². The fourth-order valence-electron chi connectivity index (χ4n) is 2.53. The zero-order valence-corrected chi connectivity index (χ0v) is 15.3. The van der Waals surface area contributed by atoms with E-state index in [4.69, 9.17) is 4.84 Å². The van der Waals surface area contributed by atoms with E-state index in [0.29, 0.717) is 12.2 Å². The van der Waals surface area contributed by atoms with E-state index < -0.39 is 0 Å². The Morgan fingerprint density at radius 3 is 2.26 bits per heavy atom. The van der Waals surface area contributed by atoms with Crippen LogP contribution in [0.25, 0.3) is 0 Å². The summed E-state index contributed by atoms with van der Waals surface area (Å²) in [6.07, 6.45) is 2.72. The molecule has 0 radical (unpaired) electrons. The molecule has 0 spiro atoms. The van der Waals surface area contributed by atoms with E-state index >= 15 is 0 Å². The van der Waals surface area contributed by atoms with Crippen LogP contribution in [0.2, 0.25) is 0 Å². The molecule has 1 N–H and O–H groups in total. The SMILES string of the molecule is CCc1ccc(/C=N\OCc2ccc(C(=O)Nc3ccccc3)cc2)cc1. The molecule has 0 aromatic heterocycles. The molecule has 3 aromatic rings. The molecule has 0 aliphatic carbocycles. The van der Waals surface area contributed by atoms with Crippen LogP contribution in [0.15, 0.2) is 84.0 Å². The number of hydrogen-bond donors (Lipinski definition) is 1. The van der Waals surface area contributed by atoms with Crippen LogP contribution in [0.4, 0.5) is 5.69 Å². The van der Waals surface area contributed by atoms with Gasteiger partial charge < -0.3 is 10.2 Å². The minimum Gasteiger partial charge on any atom is -0.391 e. The van der Waals surface area contributed by atoms with Gasteiger partial charge in [0.25, 0.3) is 5.91 Å². The van der Waals surface area contributed by atoms with Crippen LogP contribution >= 0.6 is 0 Å². The molecular formula is C23H22N2O2. The second-order valence-corrected chi connectivity index (χ2v) is 6.12. The molecule has 4 nitrogen and oxygen atoms in total. The number of amides is 1. The Bertz CT molecular complexity index is 886. The third-order valence-corrected chi connectivity index (χ3v) is 4.14. The first-order valence-electron chi connectivity index (χ1n) is 8.94. The Morgan fingerprint density at radius 1 is 0.926 bits per heavy atom. The number of rotatable bonds is 7. The number of nitrogens with zero attached hydrogens (tertiary/aromatic N) is 1. The average molecular weight is 358 g/mol. The van der Waals surface area contributed by atoms with E-state index in [0.717, 1.165) is 23.2 Å². The van der Waals surface area contributed by atoms with Crippen LogP contribution < -0.4 is 5.32 Å². The van der Waals surface area contributed by atoms with Crippen molar-refractivity contribution in [1.82, 2.24) is 0 Å². The summed E-state index contributed by atoms with van der Waals surface area (Å²) in [5.41, 5.74) is 4.62. The maximum Gasteiger partial charge on any atom is 0.255 e. The second kappa shape index (κ2) is 9.34. The van der Waals surface area contributed by atoms with Gasteiger partial charge in [0.05, 0.1) is 6.21 Å². The molecule has 0 bridgehead atoms. The van der Waals surface area contributed by atoms with E-state index in [9.17, 15) is 4.79 Å². The highest BCUT2D eigenvalue weighted by Gasteiger charge is 2.05. The Balaban J connectivity index is 1.50. The van der Waals surface area contributed by atoms with Crippen molar-refractivity contribution in [1.29, 1.82) is 0 Å². The zero-order valence-electron chi connectivity index (χ0n) is 15.3. The summed E-state index contributed by atoms with van der Waals surface area (Å²) in [6, 6.07) is 24.9. The summed E-state index contributed by atoms with van der Waals surface area (Å²) in [6.45, 7) is 2.48. The monoisotopic (exact) mass is 358 g/mol. The molecule has 0 atom stereocenters. The Hall–Kier alpha value is -3.40. The summed E-state index contributed by atoms with van der Waals surface area (Å²) >= 11 is 0. The Morgan fingerprint density at radius 2 is 1.59 bits per heavy atom. The van der Waals surface area contributed by atoms with Crippen molar-refractivity contribution in [2.24, 2.45) is 5.16 Å². The van der Waals surface area contributed by atoms with E-state index in [-0.39, 0.29) is 5.91 Å². The van der Waals surface area contributed by atoms with Gasteiger partial charge in [0.1, 0.15) is 6.61 Å². The Kier molecular flexibility index (Phi) is 6.36. The lowest BCUT2D eigenvalue weighted by Gasteiger charge is -2.06. The number of aryl methyl sites for hydroxylation is 1. The van der Waals surface area contributed by atoms with Gasteiger partial charge in [-0.2, -0.15) is 0 Å². The van der Waals surface area contributed by atoms with Crippen molar-refractivity contribution < 1.29 is 9.63 Å². The molecule has 136 valence electrons. The third-order valence-electron chi connectivity index (χ3n) is 4.14. The molecule has 3 rings (SSSR count). The van der Waals surface area contributed by atoms with E-state index in [2.05, 4.69) is 29.5 Å². The highest BCUT2D eigenvalue weighted by Crippen LogP contribution is 2.11. The van der Waals surface area contributed by atoms with Crippen LogP contribution in [0, 0.1) is 0 Å². The number of hydrogen-bond acceptors (Lipinski definition) is 3. The van der Waals surface area contributed by atoms with Gasteiger partial charge in [-0.1, -0.05) is 66.7 Å². The zero-order chi connectivity index (χ0) is 18.9. The fourth-order valence-corrected chi connectivity index (χ4v) is 2.53. The predicted octanol–water partition coefficient (Wildman–Crippen LogP) is 5.05. The molecule has 0 unspecified atom stereocenters. The average Bonchev–Trinajstić information content (AvgIpc) is 2.73. The van der Waals surface area contributed by atoms with Gasteiger partial charge in [-0.25, -0.2) is 0 Å². The highest BCUT2D eigenvalue weighted by molar-refractivity contribution is 6.04. The van der Waals surface area contributed by atoms with E-state index in [1.54, 1.807) is 18.3 Å². The Labute approximate surface area is 159 Å². The molecule has 3 aromatic carbocycles. The number of anilines is 1. The van der Waals surface area contributed by atoms with E-state index in [1.165, 1.54) is 5.56 Å². The number of oxime groups is 1. The quantitative estimate of drug-likeness (QED) is 0.474. The highest BCUT2D eigenvalue weighted by atomic mass is 16.6. The number of benzene rings is 3. The van der Waals surface area contributed by atoms with Crippen molar-refractivity contribution in [2.75, 3.05) is 5.32 Å². The molecule has 0 fully saturated rings. The first-order chi connectivity index (χ1) is 13.2. The lowest BCUT2D eigenvalue weighted by atomic mass is 10.1. The molecule has 0 aliphatic heterocycles. The van der Waals surface area contributed by atoms with Crippen LogP contribution in [-0.2, 0) is 17.9 Å². The fraction of sp³-hybridized carbons (Fsp3) is 0.130. The predicted molar refractivity (Wildman–Crippen MR) is 109 cm³/mol. The standard InChI is InChI=1S/C23H22N2O2/c1-2-18-8-10-19(11-9-18)16-24-27-17-20-12-14-21(15-13-20)23(26)25-22-6-4-3-5-7-22/h3-16H,2,17H2,1H3,(H,25,26)/b24-16-. The van der Waals surface area contributed by atoms with Crippen molar-refractivity contribution in [3.63, 3.8) is 0 Å². The molecule has 4 heteroatoms. The minimum atomic E-state index is -0.137. The molecule has 1 amide bonds. The summed E-state index contributed by atoms with van der Waals surface area (Å²) in [5.74, 6) is -0.137. The minimum absolute atomic E-state index is 0.137. The first-order valence-corrected chi connectivity index (χ1v) is 8.94. The van der Waals surface area contributed by atoms with Crippen LogP contribution in [0.5, 0.6) is 0 Å². The van der Waals surface area contributed by atoms with Crippen molar-refractivity contribution in [2.45, 2.75) is 20.0 Å². The smallest absolute Gasteiger partial charge is 0.255 e. The van der Waals surface area contributed by atoms with Crippen LogP contribution in [0.1, 0.15) is 34.0 Å². The van der Waals surface area contributed by atoms with Crippen LogP contribution in [0.3, 0.4) is 0 Å². The summed E-state index contributed by atoms with van der Waals surface area (Å²) < 4.78 is 0. The molecule has 0 aliphatic rings. The normalized spacial score (nSPS) is 10.7. The first kappa shape index (κ1) is 18.4. The lowest BCUT2D eigenvalue weighted by Crippen LogP contribution is -2.11. The van der Waals surface area contributed by atoms with Gasteiger partial charge in [0.15, 0.2) is 0 Å². The maximum atomic E-state index is 12.2. The largest absolute Gasteiger partial charge is 0.391 e. The second-order valence-electron chi connectivity index (χ2n) is 6.12. The van der Waals surface area contributed by atoms with Crippen molar-refractivity contribution >= 4 is 17.8 Å². The number of para-hydroxylation sites is 1. The van der Waals surface area contributed by atoms with Gasteiger partial charge >= 0.3 is 0 Å². The van der Waals surface area contributed by atoms with Gasteiger partial charge in [0, 0.05) is 11.3 Å². The van der Waals surface area contributed by atoms with Gasteiger partial charge in [-0.05, 0) is 47.4 Å². The molecule has 0 heterocycles. The summed E-state index contributed by atoms with van der Waals surface area (Å²) in [5, 5.41) is 6.86. The maximum absolute atomic E-state index is 12.2. The molecular weight excluding hydrogens is 336 g/mol. The van der Waals surface area contributed by atoms with E-state index in [1.807, 2.05) is 54.6 Å². The lowest BCUT2D eigenvalue weighted by molar-refractivity contribution is 0.102. The molecule has 0 saturated carbocycles. The number of carbonyl (C=O) groups is 1. The van der Waals surface area contributed by atoms with Crippen LogP contribution in [-0.4, -0.2) is 12.1 Å². The summed E-state index contributed by atoms with van der Waals surface area (Å²) in [7, 11) is 0. The number of carbonyl (C=O) groups excluding carboxylic acids is 1.